The summed E-state index contributed by atoms with van der Waals surface area (Å²) in [6, 6.07) is 11.2. The van der Waals surface area contributed by atoms with Crippen LogP contribution in [0.2, 0.25) is 0 Å². The fraction of sp³-hybridized carbons (Fsp3) is 0.350. The number of nitrogens with one attached hydrogen (secondary N) is 1. The minimum absolute atomic E-state index is 0.159. The Bertz CT molecular complexity index is 984. The van der Waals surface area contributed by atoms with E-state index in [-0.39, 0.29) is 23.0 Å². The van der Waals surface area contributed by atoms with Crippen molar-refractivity contribution >= 4 is 37.5 Å². The van der Waals surface area contributed by atoms with Crippen LogP contribution in [0.3, 0.4) is 0 Å². The van der Waals surface area contributed by atoms with Gasteiger partial charge in [0.1, 0.15) is 5.75 Å². The maximum Gasteiger partial charge on any atom is 0.256 e. The Balaban J connectivity index is 1.76. The summed E-state index contributed by atoms with van der Waals surface area (Å²) in [6.45, 7) is 4.34. The summed E-state index contributed by atoms with van der Waals surface area (Å²) >= 11 is 3.35. The normalized spacial score (nSPS) is 20.3. The second kappa shape index (κ2) is 8.83. The number of sulfonamides is 1. The standard InChI is InChI=1S/C20H23BrN2O5S/c1-13-11-23(12-14(2)28-13)29(25,26)17-7-4-15(5-8-17)22-20(24)18-10-16(27-3)6-9-19(18)21/h4-10,13-14H,11-12H2,1-3H3,(H,22,24). The van der Waals surface area contributed by atoms with E-state index in [0.29, 0.717) is 34.6 Å². The largest absolute Gasteiger partial charge is 0.497 e. The number of halogens is 1. The smallest absolute Gasteiger partial charge is 0.256 e. The van der Waals surface area contributed by atoms with Gasteiger partial charge in [0.15, 0.2) is 0 Å². The van der Waals surface area contributed by atoms with Crippen molar-refractivity contribution in [3.05, 3.63) is 52.5 Å². The van der Waals surface area contributed by atoms with Gasteiger partial charge in [-0.05, 0) is 72.2 Å². The van der Waals surface area contributed by atoms with E-state index in [2.05, 4.69) is 21.2 Å². The van der Waals surface area contributed by atoms with E-state index >= 15 is 0 Å². The lowest BCUT2D eigenvalue weighted by Crippen LogP contribution is -2.48. The summed E-state index contributed by atoms with van der Waals surface area (Å²) in [7, 11) is -2.10. The predicted octanol–water partition coefficient (Wildman–Crippen LogP) is 3.51. The van der Waals surface area contributed by atoms with E-state index in [4.69, 9.17) is 9.47 Å². The highest BCUT2D eigenvalue weighted by molar-refractivity contribution is 9.10. The van der Waals surface area contributed by atoms with Gasteiger partial charge in [-0.15, -0.1) is 0 Å². The maximum absolute atomic E-state index is 12.9. The summed E-state index contributed by atoms with van der Waals surface area (Å²) < 4.78 is 38.7. The average molecular weight is 483 g/mol. The molecular formula is C20H23BrN2O5S. The van der Waals surface area contributed by atoms with Crippen molar-refractivity contribution in [2.75, 3.05) is 25.5 Å². The van der Waals surface area contributed by atoms with Crippen LogP contribution >= 0.6 is 15.9 Å². The molecule has 2 aromatic rings. The number of morpholine rings is 1. The summed E-state index contributed by atoms with van der Waals surface area (Å²) in [4.78, 5) is 12.7. The first-order valence-electron chi connectivity index (χ1n) is 9.11. The molecule has 0 aliphatic carbocycles. The molecule has 1 N–H and O–H groups in total. The van der Waals surface area contributed by atoms with Crippen LogP contribution < -0.4 is 10.1 Å². The number of nitrogens with zero attached hydrogens (tertiary/aromatic N) is 1. The molecule has 2 aromatic carbocycles. The zero-order chi connectivity index (χ0) is 21.2. The third-order valence-corrected chi connectivity index (χ3v) is 7.09. The highest BCUT2D eigenvalue weighted by Crippen LogP contribution is 2.25. The van der Waals surface area contributed by atoms with Gasteiger partial charge in [0, 0.05) is 23.2 Å². The highest BCUT2D eigenvalue weighted by Gasteiger charge is 2.32. The Morgan fingerprint density at radius 3 is 2.34 bits per heavy atom. The van der Waals surface area contributed by atoms with E-state index in [1.165, 1.54) is 23.5 Å². The van der Waals surface area contributed by atoms with E-state index in [1.807, 2.05) is 13.8 Å². The SMILES string of the molecule is COc1ccc(Br)c(C(=O)Nc2ccc(S(=O)(=O)N3CC(C)OC(C)C3)cc2)c1. The van der Waals surface area contributed by atoms with Crippen molar-refractivity contribution in [3.63, 3.8) is 0 Å². The maximum atomic E-state index is 12.9. The molecule has 9 heteroatoms. The van der Waals surface area contributed by atoms with E-state index in [9.17, 15) is 13.2 Å². The Morgan fingerprint density at radius 1 is 1.14 bits per heavy atom. The van der Waals surface area contributed by atoms with Crippen molar-refractivity contribution in [2.24, 2.45) is 0 Å². The molecule has 0 bridgehead atoms. The minimum atomic E-state index is -3.62. The number of rotatable bonds is 5. The fourth-order valence-corrected chi connectivity index (χ4v) is 5.21. The van der Waals surface area contributed by atoms with Crippen molar-refractivity contribution in [3.8, 4) is 5.75 Å². The molecule has 0 saturated carbocycles. The molecule has 1 heterocycles. The zero-order valence-electron chi connectivity index (χ0n) is 16.4. The molecule has 1 aliphatic heterocycles. The minimum Gasteiger partial charge on any atom is -0.497 e. The van der Waals surface area contributed by atoms with Crippen LogP contribution in [-0.4, -0.2) is 51.0 Å². The van der Waals surface area contributed by atoms with Gasteiger partial charge in [0.05, 0.1) is 29.8 Å². The molecule has 29 heavy (non-hydrogen) atoms. The number of carbonyl (C=O) groups excluding carboxylic acids is 1. The second-order valence-electron chi connectivity index (χ2n) is 6.90. The van der Waals surface area contributed by atoms with Gasteiger partial charge in [-0.2, -0.15) is 4.31 Å². The molecular weight excluding hydrogens is 460 g/mol. The second-order valence-corrected chi connectivity index (χ2v) is 9.70. The lowest BCUT2D eigenvalue weighted by Gasteiger charge is -2.34. The molecule has 1 fully saturated rings. The van der Waals surface area contributed by atoms with Gasteiger partial charge in [-0.25, -0.2) is 8.42 Å². The number of anilines is 1. The van der Waals surface area contributed by atoms with Gasteiger partial charge in [-0.1, -0.05) is 0 Å². The van der Waals surface area contributed by atoms with Crippen LogP contribution in [0.1, 0.15) is 24.2 Å². The molecule has 7 nitrogen and oxygen atoms in total. The van der Waals surface area contributed by atoms with Gasteiger partial charge >= 0.3 is 0 Å². The summed E-state index contributed by atoms with van der Waals surface area (Å²) in [6.07, 6.45) is -0.318. The monoisotopic (exact) mass is 482 g/mol. The first-order valence-corrected chi connectivity index (χ1v) is 11.3. The van der Waals surface area contributed by atoms with E-state index in [1.54, 1.807) is 30.3 Å². The molecule has 0 aromatic heterocycles. The van der Waals surface area contributed by atoms with Gasteiger partial charge in [0.25, 0.3) is 5.91 Å². The Kier molecular flexibility index (Phi) is 6.62. The van der Waals surface area contributed by atoms with Crippen LogP contribution in [0, 0.1) is 0 Å². The Labute approximate surface area is 179 Å². The third-order valence-electron chi connectivity index (χ3n) is 4.55. The number of amides is 1. The van der Waals surface area contributed by atoms with Crippen LogP contribution in [0.4, 0.5) is 5.69 Å². The number of ether oxygens (including phenoxy) is 2. The van der Waals surface area contributed by atoms with Crippen LogP contribution in [0.25, 0.3) is 0 Å². The van der Waals surface area contributed by atoms with Gasteiger partial charge in [-0.3, -0.25) is 4.79 Å². The molecule has 1 amide bonds. The predicted molar refractivity (Wildman–Crippen MR) is 114 cm³/mol. The topological polar surface area (TPSA) is 84.9 Å². The summed E-state index contributed by atoms with van der Waals surface area (Å²) in [5, 5.41) is 2.77. The van der Waals surface area contributed by atoms with Crippen LogP contribution in [-0.2, 0) is 14.8 Å². The number of benzene rings is 2. The molecule has 1 saturated heterocycles. The number of methoxy groups -OCH3 is 1. The molecule has 0 spiro atoms. The third kappa shape index (κ3) is 4.98. The Morgan fingerprint density at radius 2 is 1.76 bits per heavy atom. The fourth-order valence-electron chi connectivity index (χ4n) is 3.19. The molecule has 2 atom stereocenters. The van der Waals surface area contributed by atoms with Crippen molar-refractivity contribution in [1.29, 1.82) is 0 Å². The number of carbonyl (C=O) groups is 1. The first kappa shape index (κ1) is 21.8. The van der Waals surface area contributed by atoms with Crippen molar-refractivity contribution < 1.29 is 22.7 Å². The zero-order valence-corrected chi connectivity index (χ0v) is 18.8. The molecule has 2 unspecified atom stereocenters. The molecule has 156 valence electrons. The number of hydrogen-bond donors (Lipinski definition) is 1. The summed E-state index contributed by atoms with van der Waals surface area (Å²) in [5.41, 5.74) is 0.907. The van der Waals surface area contributed by atoms with E-state index < -0.39 is 10.0 Å². The van der Waals surface area contributed by atoms with Gasteiger partial charge < -0.3 is 14.8 Å². The van der Waals surface area contributed by atoms with Crippen molar-refractivity contribution in [1.82, 2.24) is 4.31 Å². The quantitative estimate of drug-likeness (QED) is 0.704. The van der Waals surface area contributed by atoms with Gasteiger partial charge in [0.2, 0.25) is 10.0 Å². The summed E-state index contributed by atoms with van der Waals surface area (Å²) in [5.74, 6) is 0.232. The van der Waals surface area contributed by atoms with Crippen molar-refractivity contribution in [2.45, 2.75) is 31.0 Å². The van der Waals surface area contributed by atoms with Crippen LogP contribution in [0.15, 0.2) is 51.8 Å². The highest BCUT2D eigenvalue weighted by atomic mass is 79.9. The molecule has 1 aliphatic rings. The first-order chi connectivity index (χ1) is 13.7. The lowest BCUT2D eigenvalue weighted by molar-refractivity contribution is -0.0440. The van der Waals surface area contributed by atoms with Crippen LogP contribution in [0.5, 0.6) is 5.75 Å². The average Bonchev–Trinajstić information content (AvgIpc) is 2.68. The number of hydrogen-bond acceptors (Lipinski definition) is 5. The lowest BCUT2D eigenvalue weighted by atomic mass is 10.2. The Hall–Kier alpha value is -1.94. The molecule has 3 rings (SSSR count). The van der Waals surface area contributed by atoms with E-state index in [0.717, 1.165) is 0 Å². The molecule has 0 radical (unpaired) electrons.